The van der Waals surface area contributed by atoms with Crippen molar-refractivity contribution in [1.82, 2.24) is 0 Å². The Kier molecular flexibility index (Phi) is 5.11. The standard InChI is InChI=1S/C19H23F3O2/c1-12-6-5-7-15(16(12)17(23)24-18(2,3)4)13-8-10-14(11-9-13)19(20,21)22/h5-8,14H,9-11H2,1-4H3. The minimum Gasteiger partial charge on any atom is -0.456 e. The van der Waals surface area contributed by atoms with Gasteiger partial charge in [0, 0.05) is 0 Å². The molecule has 2 rings (SSSR count). The molecule has 0 N–H and O–H groups in total. The third-order valence-corrected chi connectivity index (χ3v) is 4.10. The molecule has 1 atom stereocenters. The molecular weight excluding hydrogens is 317 g/mol. The zero-order chi connectivity index (χ0) is 18.1. The quantitative estimate of drug-likeness (QED) is 0.646. The van der Waals surface area contributed by atoms with Crippen LogP contribution in [0.5, 0.6) is 0 Å². The van der Waals surface area contributed by atoms with Crippen molar-refractivity contribution >= 4 is 11.5 Å². The van der Waals surface area contributed by atoms with Crippen LogP contribution in [0.15, 0.2) is 24.3 Å². The molecule has 0 radical (unpaired) electrons. The summed E-state index contributed by atoms with van der Waals surface area (Å²) in [6, 6.07) is 5.41. The molecular formula is C19H23F3O2. The Morgan fingerprint density at radius 3 is 2.38 bits per heavy atom. The van der Waals surface area contributed by atoms with Crippen LogP contribution in [0.2, 0.25) is 0 Å². The molecule has 0 aromatic heterocycles. The Hall–Kier alpha value is -1.78. The lowest BCUT2D eigenvalue weighted by atomic mass is 9.84. The lowest BCUT2D eigenvalue weighted by molar-refractivity contribution is -0.175. The summed E-state index contributed by atoms with van der Waals surface area (Å²) >= 11 is 0. The maximum Gasteiger partial charge on any atom is 0.392 e. The van der Waals surface area contributed by atoms with E-state index >= 15 is 0 Å². The van der Waals surface area contributed by atoms with Gasteiger partial charge in [0.25, 0.3) is 0 Å². The van der Waals surface area contributed by atoms with Crippen LogP contribution in [-0.4, -0.2) is 17.7 Å². The van der Waals surface area contributed by atoms with E-state index in [1.165, 1.54) is 0 Å². The minimum atomic E-state index is -4.16. The number of rotatable bonds is 2. The number of carbonyl (C=O) groups is 1. The molecule has 0 spiro atoms. The first-order chi connectivity index (χ1) is 11.0. The molecule has 24 heavy (non-hydrogen) atoms. The maximum absolute atomic E-state index is 12.8. The van der Waals surface area contributed by atoms with E-state index in [9.17, 15) is 18.0 Å². The Balaban J connectivity index is 2.34. The number of benzene rings is 1. The van der Waals surface area contributed by atoms with Gasteiger partial charge in [-0.05, 0) is 63.7 Å². The third kappa shape index (κ3) is 4.40. The molecule has 0 aliphatic heterocycles. The van der Waals surface area contributed by atoms with Crippen LogP contribution in [0, 0.1) is 12.8 Å². The zero-order valence-electron chi connectivity index (χ0n) is 14.5. The van der Waals surface area contributed by atoms with Crippen molar-refractivity contribution in [3.63, 3.8) is 0 Å². The number of aryl methyl sites for hydroxylation is 1. The third-order valence-electron chi connectivity index (χ3n) is 4.10. The van der Waals surface area contributed by atoms with Crippen LogP contribution in [-0.2, 0) is 4.74 Å². The second kappa shape index (κ2) is 6.61. The molecule has 1 aliphatic rings. The van der Waals surface area contributed by atoms with Gasteiger partial charge in [0.15, 0.2) is 0 Å². The van der Waals surface area contributed by atoms with Crippen LogP contribution in [0.25, 0.3) is 5.57 Å². The van der Waals surface area contributed by atoms with Crippen molar-refractivity contribution in [1.29, 1.82) is 0 Å². The van der Waals surface area contributed by atoms with Gasteiger partial charge in [-0.15, -0.1) is 0 Å². The Morgan fingerprint density at radius 1 is 1.21 bits per heavy atom. The van der Waals surface area contributed by atoms with Gasteiger partial charge in [-0.2, -0.15) is 13.2 Å². The van der Waals surface area contributed by atoms with Crippen LogP contribution in [0.3, 0.4) is 0 Å². The topological polar surface area (TPSA) is 26.3 Å². The highest BCUT2D eigenvalue weighted by Crippen LogP contribution is 2.40. The lowest BCUT2D eigenvalue weighted by Crippen LogP contribution is -2.26. The zero-order valence-corrected chi connectivity index (χ0v) is 14.5. The van der Waals surface area contributed by atoms with Crippen LogP contribution >= 0.6 is 0 Å². The summed E-state index contributed by atoms with van der Waals surface area (Å²) in [6.45, 7) is 7.18. The average molecular weight is 340 g/mol. The number of carbonyl (C=O) groups excluding carboxylic acids is 1. The highest BCUT2D eigenvalue weighted by Gasteiger charge is 2.40. The summed E-state index contributed by atoms with van der Waals surface area (Å²) in [5.41, 5.74) is 2.06. The van der Waals surface area contributed by atoms with Gasteiger partial charge in [-0.25, -0.2) is 4.79 Å². The van der Waals surface area contributed by atoms with E-state index < -0.39 is 23.7 Å². The number of hydrogen-bond acceptors (Lipinski definition) is 2. The van der Waals surface area contributed by atoms with E-state index in [-0.39, 0.29) is 12.8 Å². The molecule has 1 unspecified atom stereocenters. The molecule has 1 aromatic carbocycles. The van der Waals surface area contributed by atoms with Crippen molar-refractivity contribution in [2.75, 3.05) is 0 Å². The fraction of sp³-hybridized carbons (Fsp3) is 0.526. The van der Waals surface area contributed by atoms with E-state index in [0.29, 0.717) is 17.5 Å². The molecule has 0 fully saturated rings. The molecule has 0 bridgehead atoms. The monoisotopic (exact) mass is 340 g/mol. The molecule has 2 nitrogen and oxygen atoms in total. The Bertz CT molecular complexity index is 652. The van der Waals surface area contributed by atoms with Gasteiger partial charge < -0.3 is 4.74 Å². The Morgan fingerprint density at radius 2 is 1.88 bits per heavy atom. The van der Waals surface area contributed by atoms with Gasteiger partial charge in [-0.1, -0.05) is 24.3 Å². The van der Waals surface area contributed by atoms with Crippen LogP contribution in [0.4, 0.5) is 13.2 Å². The Labute approximate surface area is 140 Å². The summed E-state index contributed by atoms with van der Waals surface area (Å²) in [7, 11) is 0. The first-order valence-electron chi connectivity index (χ1n) is 8.08. The summed E-state index contributed by atoms with van der Waals surface area (Å²) in [5.74, 6) is -1.73. The highest BCUT2D eigenvalue weighted by atomic mass is 19.4. The van der Waals surface area contributed by atoms with Crippen molar-refractivity contribution < 1.29 is 22.7 Å². The van der Waals surface area contributed by atoms with Gasteiger partial charge in [0.2, 0.25) is 0 Å². The van der Waals surface area contributed by atoms with Gasteiger partial charge in [-0.3, -0.25) is 0 Å². The van der Waals surface area contributed by atoms with Gasteiger partial charge >= 0.3 is 12.1 Å². The largest absolute Gasteiger partial charge is 0.456 e. The average Bonchev–Trinajstić information content (AvgIpc) is 2.44. The number of halogens is 3. The normalized spacial score (nSPS) is 19.0. The van der Waals surface area contributed by atoms with E-state index in [4.69, 9.17) is 4.74 Å². The highest BCUT2D eigenvalue weighted by molar-refractivity contribution is 5.97. The van der Waals surface area contributed by atoms with Crippen LogP contribution in [0.1, 0.15) is 61.5 Å². The van der Waals surface area contributed by atoms with Crippen molar-refractivity contribution in [2.24, 2.45) is 5.92 Å². The number of allylic oxidation sites excluding steroid dienone is 2. The first-order valence-corrected chi connectivity index (χ1v) is 8.08. The molecule has 5 heteroatoms. The lowest BCUT2D eigenvalue weighted by Gasteiger charge is -2.26. The van der Waals surface area contributed by atoms with Gasteiger partial charge in [0.1, 0.15) is 5.60 Å². The van der Waals surface area contributed by atoms with E-state index in [0.717, 1.165) is 11.1 Å². The maximum atomic E-state index is 12.8. The predicted molar refractivity (Wildman–Crippen MR) is 87.7 cm³/mol. The number of esters is 1. The smallest absolute Gasteiger partial charge is 0.392 e. The number of ether oxygens (including phenoxy) is 1. The molecule has 1 aromatic rings. The van der Waals surface area contributed by atoms with Crippen molar-refractivity contribution in [3.05, 3.63) is 41.0 Å². The summed E-state index contributed by atoms with van der Waals surface area (Å²) < 4.78 is 43.9. The van der Waals surface area contributed by atoms with Gasteiger partial charge in [0.05, 0.1) is 11.5 Å². The summed E-state index contributed by atoms with van der Waals surface area (Å²) in [4.78, 5) is 12.5. The SMILES string of the molecule is Cc1cccc(C2=CCC(C(F)(F)F)CC2)c1C(=O)OC(C)(C)C. The first kappa shape index (κ1) is 18.6. The second-order valence-electron chi connectivity index (χ2n) is 7.24. The van der Waals surface area contributed by atoms with E-state index in [1.54, 1.807) is 32.9 Å². The molecule has 0 heterocycles. The molecule has 132 valence electrons. The summed E-state index contributed by atoms with van der Waals surface area (Å²) in [6.07, 6.45) is -2.23. The van der Waals surface area contributed by atoms with E-state index in [1.807, 2.05) is 19.1 Å². The van der Waals surface area contributed by atoms with Crippen molar-refractivity contribution in [2.45, 2.75) is 58.7 Å². The minimum absolute atomic E-state index is 0.0411. The van der Waals surface area contributed by atoms with E-state index in [2.05, 4.69) is 0 Å². The fourth-order valence-corrected chi connectivity index (χ4v) is 2.91. The molecule has 1 aliphatic carbocycles. The molecule has 0 saturated carbocycles. The van der Waals surface area contributed by atoms with Crippen molar-refractivity contribution in [3.8, 4) is 0 Å². The second-order valence-corrected chi connectivity index (χ2v) is 7.24. The van der Waals surface area contributed by atoms with Crippen LogP contribution < -0.4 is 0 Å². The number of alkyl halides is 3. The summed E-state index contributed by atoms with van der Waals surface area (Å²) in [5, 5.41) is 0. The number of hydrogen-bond donors (Lipinski definition) is 0. The predicted octanol–water partition coefficient (Wildman–Crippen LogP) is 5.70. The molecule has 0 amide bonds. The fourth-order valence-electron chi connectivity index (χ4n) is 2.91. The molecule has 0 saturated heterocycles.